The zero-order chi connectivity index (χ0) is 18.9. The van der Waals surface area contributed by atoms with E-state index in [-0.39, 0.29) is 11.9 Å². The Morgan fingerprint density at radius 3 is 2.50 bits per heavy atom. The molecule has 2 heterocycles. The number of nitrogens with zero attached hydrogens (tertiary/aromatic N) is 1. The molecule has 0 radical (unpaired) electrons. The molecule has 1 unspecified atom stereocenters. The number of amides is 1. The van der Waals surface area contributed by atoms with Crippen LogP contribution in [-0.4, -0.2) is 36.0 Å². The van der Waals surface area contributed by atoms with Crippen molar-refractivity contribution in [3.8, 4) is 11.5 Å². The lowest BCUT2D eigenvalue weighted by atomic mass is 9.94. The highest BCUT2D eigenvalue weighted by Gasteiger charge is 2.38. The van der Waals surface area contributed by atoms with Gasteiger partial charge in [0.15, 0.2) is 0 Å². The highest BCUT2D eigenvalue weighted by Crippen LogP contribution is 2.33. The predicted octanol–water partition coefficient (Wildman–Crippen LogP) is 3.27. The molecular formula is C23H23N3O2. The monoisotopic (exact) mass is 373 g/mol. The van der Waals surface area contributed by atoms with E-state index in [0.29, 0.717) is 6.04 Å². The number of para-hydroxylation sites is 1. The van der Waals surface area contributed by atoms with Gasteiger partial charge < -0.3 is 20.3 Å². The van der Waals surface area contributed by atoms with Gasteiger partial charge in [0.1, 0.15) is 23.4 Å². The molecule has 1 saturated carbocycles. The summed E-state index contributed by atoms with van der Waals surface area (Å²) in [4.78, 5) is 15.2. The van der Waals surface area contributed by atoms with E-state index in [1.807, 2.05) is 54.6 Å². The third kappa shape index (κ3) is 3.36. The van der Waals surface area contributed by atoms with Crippen molar-refractivity contribution in [2.24, 2.45) is 0 Å². The van der Waals surface area contributed by atoms with Crippen LogP contribution in [0.3, 0.4) is 0 Å². The maximum atomic E-state index is 13.0. The van der Waals surface area contributed by atoms with Crippen LogP contribution in [0, 0.1) is 0 Å². The summed E-state index contributed by atoms with van der Waals surface area (Å²) in [7, 11) is 0. The Labute approximate surface area is 164 Å². The topological polar surface area (TPSA) is 53.6 Å². The number of hydrogen-bond donors (Lipinski definition) is 2. The van der Waals surface area contributed by atoms with Crippen LogP contribution in [-0.2, 0) is 4.79 Å². The number of benzene rings is 2. The van der Waals surface area contributed by atoms with E-state index < -0.39 is 0 Å². The summed E-state index contributed by atoms with van der Waals surface area (Å²) in [5.41, 5.74) is 2.07. The first-order valence-electron chi connectivity index (χ1n) is 9.84. The molecule has 2 fully saturated rings. The second kappa shape index (κ2) is 7.08. The van der Waals surface area contributed by atoms with Crippen molar-refractivity contribution in [1.29, 1.82) is 0 Å². The number of carbonyl (C=O) groups is 1. The third-order valence-electron chi connectivity index (χ3n) is 5.33. The van der Waals surface area contributed by atoms with Crippen LogP contribution in [0.4, 0.5) is 0 Å². The van der Waals surface area contributed by atoms with Gasteiger partial charge in [-0.05, 0) is 54.3 Å². The van der Waals surface area contributed by atoms with Gasteiger partial charge in [-0.2, -0.15) is 0 Å². The van der Waals surface area contributed by atoms with E-state index in [9.17, 15) is 4.79 Å². The van der Waals surface area contributed by atoms with E-state index in [0.717, 1.165) is 54.4 Å². The molecule has 5 heteroatoms. The van der Waals surface area contributed by atoms with Gasteiger partial charge >= 0.3 is 0 Å². The molecule has 28 heavy (non-hydrogen) atoms. The van der Waals surface area contributed by atoms with E-state index in [4.69, 9.17) is 4.74 Å². The number of ether oxygens (including phenoxy) is 1. The van der Waals surface area contributed by atoms with Crippen LogP contribution in [0.25, 0.3) is 5.57 Å². The summed E-state index contributed by atoms with van der Waals surface area (Å²) in [6, 6.07) is 17.8. The lowest BCUT2D eigenvalue weighted by Gasteiger charge is -2.33. The van der Waals surface area contributed by atoms with Crippen molar-refractivity contribution < 1.29 is 9.53 Å². The molecule has 2 aromatic rings. The number of fused-ring (bicyclic) bond motifs is 1. The fourth-order valence-electron chi connectivity index (χ4n) is 3.76. The average molecular weight is 373 g/mol. The van der Waals surface area contributed by atoms with E-state index >= 15 is 0 Å². The highest BCUT2D eigenvalue weighted by atomic mass is 16.5. The first kappa shape index (κ1) is 16.9. The molecule has 2 aromatic carbocycles. The van der Waals surface area contributed by atoms with Crippen molar-refractivity contribution in [1.82, 2.24) is 15.5 Å². The van der Waals surface area contributed by atoms with Gasteiger partial charge in [-0.25, -0.2) is 0 Å². The Hall–Kier alpha value is -3.21. The minimum absolute atomic E-state index is 0.0904. The minimum Gasteiger partial charge on any atom is -0.457 e. The van der Waals surface area contributed by atoms with Gasteiger partial charge in [-0.1, -0.05) is 36.4 Å². The largest absolute Gasteiger partial charge is 0.457 e. The predicted molar refractivity (Wildman–Crippen MR) is 109 cm³/mol. The molecule has 5 rings (SSSR count). The average Bonchev–Trinajstić information content (AvgIpc) is 3.41. The van der Waals surface area contributed by atoms with Gasteiger partial charge in [-0.15, -0.1) is 0 Å². The highest BCUT2D eigenvalue weighted by molar-refractivity contribution is 5.97. The lowest BCUT2D eigenvalue weighted by molar-refractivity contribution is -0.123. The normalized spacial score (nSPS) is 20.6. The molecule has 1 amide bonds. The maximum Gasteiger partial charge on any atom is 0.247 e. The minimum atomic E-state index is -0.295. The third-order valence-corrected chi connectivity index (χ3v) is 5.33. The molecule has 3 aliphatic rings. The molecule has 0 bridgehead atoms. The van der Waals surface area contributed by atoms with Crippen LogP contribution in [0.2, 0.25) is 0 Å². The smallest absolute Gasteiger partial charge is 0.247 e. The van der Waals surface area contributed by atoms with E-state index in [1.54, 1.807) is 0 Å². The summed E-state index contributed by atoms with van der Waals surface area (Å²) in [6.45, 7) is 1.70. The quantitative estimate of drug-likeness (QED) is 0.845. The lowest BCUT2D eigenvalue weighted by Crippen LogP contribution is -2.48. The fraction of sp³-hybridized carbons (Fsp3) is 0.261. The maximum absolute atomic E-state index is 13.0. The Bertz CT molecular complexity index is 930. The number of hydrogen-bond acceptors (Lipinski definition) is 4. The van der Waals surface area contributed by atoms with Gasteiger partial charge in [0.2, 0.25) is 5.91 Å². The van der Waals surface area contributed by atoms with Crippen molar-refractivity contribution in [2.45, 2.75) is 24.9 Å². The summed E-state index contributed by atoms with van der Waals surface area (Å²) in [5.74, 6) is 2.71. The van der Waals surface area contributed by atoms with Gasteiger partial charge in [-0.3, -0.25) is 4.79 Å². The zero-order valence-electron chi connectivity index (χ0n) is 15.6. The first-order valence-corrected chi connectivity index (χ1v) is 9.84. The Morgan fingerprint density at radius 2 is 1.75 bits per heavy atom. The van der Waals surface area contributed by atoms with Gasteiger partial charge in [0.05, 0.1) is 0 Å². The molecule has 2 N–H and O–H groups in total. The van der Waals surface area contributed by atoms with Crippen LogP contribution >= 0.6 is 0 Å². The Balaban J connectivity index is 1.40. The number of rotatable bonds is 5. The Kier molecular flexibility index (Phi) is 4.28. The summed E-state index contributed by atoms with van der Waals surface area (Å²) in [5, 5.41) is 6.54. The van der Waals surface area contributed by atoms with Gasteiger partial charge in [0.25, 0.3) is 0 Å². The SMILES string of the molecule is O=C(NC1CC1)C1C(c2ccc(Oc3ccccc3)cc2)=CC=C2NCCN21. The van der Waals surface area contributed by atoms with E-state index in [2.05, 4.69) is 27.7 Å². The van der Waals surface area contributed by atoms with E-state index in [1.165, 1.54) is 0 Å². The summed E-state index contributed by atoms with van der Waals surface area (Å²) < 4.78 is 5.89. The van der Waals surface area contributed by atoms with Gasteiger partial charge in [0, 0.05) is 19.1 Å². The standard InChI is InChI=1S/C23H23N3O2/c27-23(25-17-8-9-17)22-20(12-13-21-24-14-15-26(21)22)16-6-10-19(11-7-16)28-18-4-2-1-3-5-18/h1-7,10-13,17,22,24H,8-9,14-15H2,(H,25,27). The molecule has 1 atom stereocenters. The molecule has 1 aliphatic carbocycles. The zero-order valence-corrected chi connectivity index (χ0v) is 15.6. The molecule has 1 saturated heterocycles. The van der Waals surface area contributed by atoms with Crippen LogP contribution in [0.15, 0.2) is 72.6 Å². The molecule has 0 spiro atoms. The van der Waals surface area contributed by atoms with Crippen molar-refractivity contribution in [2.75, 3.05) is 13.1 Å². The molecule has 142 valence electrons. The summed E-state index contributed by atoms with van der Waals surface area (Å²) >= 11 is 0. The fourth-order valence-corrected chi connectivity index (χ4v) is 3.76. The Morgan fingerprint density at radius 1 is 1.00 bits per heavy atom. The van der Waals surface area contributed by atoms with Crippen molar-refractivity contribution in [3.63, 3.8) is 0 Å². The van der Waals surface area contributed by atoms with Crippen molar-refractivity contribution >= 4 is 11.5 Å². The van der Waals surface area contributed by atoms with Crippen LogP contribution in [0.1, 0.15) is 18.4 Å². The first-order chi connectivity index (χ1) is 13.8. The molecule has 0 aromatic heterocycles. The number of nitrogens with one attached hydrogen (secondary N) is 2. The second-order valence-corrected chi connectivity index (χ2v) is 7.42. The van der Waals surface area contributed by atoms with Crippen LogP contribution < -0.4 is 15.4 Å². The number of allylic oxidation sites excluding steroid dienone is 2. The van der Waals surface area contributed by atoms with Crippen molar-refractivity contribution in [3.05, 3.63) is 78.1 Å². The second-order valence-electron chi connectivity index (χ2n) is 7.42. The summed E-state index contributed by atoms with van der Waals surface area (Å²) in [6.07, 6.45) is 6.31. The van der Waals surface area contributed by atoms with Crippen LogP contribution in [0.5, 0.6) is 11.5 Å². The molecule has 5 nitrogen and oxygen atoms in total. The molecule has 2 aliphatic heterocycles. The number of carbonyl (C=O) groups excluding carboxylic acids is 1. The molecular weight excluding hydrogens is 350 g/mol.